The Balaban J connectivity index is 1.71. The Bertz CT molecular complexity index is 425. The summed E-state index contributed by atoms with van der Waals surface area (Å²) in [6, 6.07) is 6.72. The molecule has 1 fully saturated rings. The second-order valence-corrected chi connectivity index (χ2v) is 5.46. The summed E-state index contributed by atoms with van der Waals surface area (Å²) in [5.74, 6) is 0.326. The predicted octanol–water partition coefficient (Wildman–Crippen LogP) is 2.99. The first-order valence-corrected chi connectivity index (χ1v) is 7.21. The van der Waals surface area contributed by atoms with Crippen LogP contribution >= 0.6 is 0 Å². The number of nitrogens with zero attached hydrogens (tertiary/aromatic N) is 1. The van der Waals surface area contributed by atoms with E-state index in [4.69, 9.17) is 0 Å². The number of rotatable bonds is 5. The highest BCUT2D eigenvalue weighted by Crippen LogP contribution is 2.23. The molecule has 1 aromatic rings. The molecule has 20 heavy (non-hydrogen) atoms. The monoisotopic (exact) mass is 279 g/mol. The second-order valence-electron chi connectivity index (χ2n) is 5.46. The fourth-order valence-corrected chi connectivity index (χ4v) is 2.71. The van der Waals surface area contributed by atoms with E-state index in [0.29, 0.717) is 12.3 Å². The normalized spacial score (nSPS) is 17.1. The van der Waals surface area contributed by atoms with Crippen LogP contribution in [0, 0.1) is 11.7 Å². The number of ether oxygens (including phenoxy) is 1. The quantitative estimate of drug-likeness (QED) is 0.776. The molecule has 1 heterocycles. The van der Waals surface area contributed by atoms with Gasteiger partial charge < -0.3 is 4.74 Å². The fourth-order valence-electron chi connectivity index (χ4n) is 2.71. The number of halogens is 1. The van der Waals surface area contributed by atoms with Gasteiger partial charge in [-0.3, -0.25) is 9.69 Å². The van der Waals surface area contributed by atoms with Gasteiger partial charge in [0, 0.05) is 13.0 Å². The molecule has 1 saturated heterocycles. The van der Waals surface area contributed by atoms with Crippen molar-refractivity contribution < 1.29 is 13.9 Å². The van der Waals surface area contributed by atoms with Crippen LogP contribution in [0.2, 0.25) is 0 Å². The average molecular weight is 279 g/mol. The van der Waals surface area contributed by atoms with Crippen molar-refractivity contribution >= 4 is 5.97 Å². The molecule has 3 nitrogen and oxygen atoms in total. The predicted molar refractivity (Wildman–Crippen MR) is 75.7 cm³/mol. The summed E-state index contributed by atoms with van der Waals surface area (Å²) in [5, 5.41) is 0. The molecule has 0 saturated carbocycles. The number of methoxy groups -OCH3 is 1. The fraction of sp³-hybridized carbons (Fsp3) is 0.562. The van der Waals surface area contributed by atoms with Crippen LogP contribution < -0.4 is 0 Å². The van der Waals surface area contributed by atoms with E-state index < -0.39 is 0 Å². The number of esters is 1. The van der Waals surface area contributed by atoms with E-state index in [-0.39, 0.29) is 11.8 Å². The van der Waals surface area contributed by atoms with E-state index in [1.54, 1.807) is 0 Å². The lowest BCUT2D eigenvalue weighted by Gasteiger charge is -2.31. The molecule has 4 heteroatoms. The van der Waals surface area contributed by atoms with Gasteiger partial charge in [0.25, 0.3) is 0 Å². The number of hydrogen-bond donors (Lipinski definition) is 0. The molecule has 0 N–H and O–H groups in total. The van der Waals surface area contributed by atoms with Crippen LogP contribution in [-0.4, -0.2) is 31.1 Å². The first-order valence-electron chi connectivity index (χ1n) is 7.21. The van der Waals surface area contributed by atoms with Crippen molar-refractivity contribution in [3.8, 4) is 0 Å². The average Bonchev–Trinajstić information content (AvgIpc) is 2.48. The molecule has 0 aromatic heterocycles. The van der Waals surface area contributed by atoms with E-state index in [0.717, 1.165) is 44.5 Å². The highest BCUT2D eigenvalue weighted by Gasteiger charge is 2.20. The van der Waals surface area contributed by atoms with Gasteiger partial charge in [-0.05, 0) is 56.0 Å². The summed E-state index contributed by atoms with van der Waals surface area (Å²) >= 11 is 0. The molecule has 0 unspecified atom stereocenters. The Hall–Kier alpha value is -1.42. The van der Waals surface area contributed by atoms with Crippen LogP contribution in [0.1, 0.15) is 31.2 Å². The first-order chi connectivity index (χ1) is 9.67. The van der Waals surface area contributed by atoms with Gasteiger partial charge in [-0.15, -0.1) is 0 Å². The summed E-state index contributed by atoms with van der Waals surface area (Å²) in [5.41, 5.74) is 1.15. The number of carbonyl (C=O) groups is 1. The van der Waals surface area contributed by atoms with Gasteiger partial charge in [-0.2, -0.15) is 0 Å². The Morgan fingerprint density at radius 2 is 1.95 bits per heavy atom. The summed E-state index contributed by atoms with van der Waals surface area (Å²) in [6.07, 6.45) is 3.70. The van der Waals surface area contributed by atoms with Crippen LogP contribution in [0.3, 0.4) is 0 Å². The van der Waals surface area contributed by atoms with Gasteiger partial charge in [0.1, 0.15) is 5.82 Å². The molecule has 0 aliphatic carbocycles. The number of carbonyl (C=O) groups excluding carboxylic acids is 1. The zero-order valence-electron chi connectivity index (χ0n) is 12.0. The molecule has 0 amide bonds. The van der Waals surface area contributed by atoms with Gasteiger partial charge in [0.05, 0.1) is 7.11 Å². The Morgan fingerprint density at radius 3 is 2.55 bits per heavy atom. The topological polar surface area (TPSA) is 29.5 Å². The van der Waals surface area contributed by atoms with Crippen molar-refractivity contribution in [1.82, 2.24) is 4.90 Å². The number of benzene rings is 1. The number of likely N-dealkylation sites (tertiary alicyclic amines) is 1. The number of piperidine rings is 1. The number of hydrogen-bond acceptors (Lipinski definition) is 3. The van der Waals surface area contributed by atoms with Gasteiger partial charge in [0.2, 0.25) is 0 Å². The molecule has 1 aromatic carbocycles. The van der Waals surface area contributed by atoms with Crippen molar-refractivity contribution in [1.29, 1.82) is 0 Å². The van der Waals surface area contributed by atoms with Gasteiger partial charge in [-0.25, -0.2) is 4.39 Å². The SMILES string of the molecule is COC(=O)CCC1CCN(Cc2ccc(F)cc2)CC1. The van der Waals surface area contributed by atoms with Crippen molar-refractivity contribution in [2.24, 2.45) is 5.92 Å². The zero-order valence-corrected chi connectivity index (χ0v) is 12.0. The third-order valence-corrected chi connectivity index (χ3v) is 4.01. The van der Waals surface area contributed by atoms with Crippen LogP contribution in [0.5, 0.6) is 0 Å². The minimum absolute atomic E-state index is 0.112. The van der Waals surface area contributed by atoms with Gasteiger partial charge >= 0.3 is 5.97 Å². The molecule has 1 aliphatic heterocycles. The molecule has 0 bridgehead atoms. The van der Waals surface area contributed by atoms with E-state index in [9.17, 15) is 9.18 Å². The van der Waals surface area contributed by atoms with Crippen LogP contribution in [0.25, 0.3) is 0 Å². The Kier molecular flexibility index (Phi) is 5.53. The van der Waals surface area contributed by atoms with Crippen LogP contribution in [0.15, 0.2) is 24.3 Å². The highest BCUT2D eigenvalue weighted by atomic mass is 19.1. The van der Waals surface area contributed by atoms with Gasteiger partial charge in [0.15, 0.2) is 0 Å². The lowest BCUT2D eigenvalue weighted by Crippen LogP contribution is -2.33. The summed E-state index contributed by atoms with van der Waals surface area (Å²) in [4.78, 5) is 13.5. The third kappa shape index (κ3) is 4.60. The Labute approximate surface area is 119 Å². The molecule has 110 valence electrons. The first kappa shape index (κ1) is 15.0. The molecule has 0 radical (unpaired) electrons. The maximum absolute atomic E-state index is 12.8. The van der Waals surface area contributed by atoms with Crippen molar-refractivity contribution in [2.45, 2.75) is 32.2 Å². The maximum atomic E-state index is 12.8. The maximum Gasteiger partial charge on any atom is 0.305 e. The molecule has 0 atom stereocenters. The second kappa shape index (κ2) is 7.39. The molecular formula is C16H22FNO2. The summed E-state index contributed by atoms with van der Waals surface area (Å²) in [7, 11) is 1.44. The third-order valence-electron chi connectivity index (χ3n) is 4.01. The zero-order chi connectivity index (χ0) is 14.4. The van der Waals surface area contributed by atoms with E-state index in [1.165, 1.54) is 19.2 Å². The van der Waals surface area contributed by atoms with Crippen LogP contribution in [-0.2, 0) is 16.1 Å². The van der Waals surface area contributed by atoms with Crippen molar-refractivity contribution in [2.75, 3.05) is 20.2 Å². The van der Waals surface area contributed by atoms with Crippen molar-refractivity contribution in [3.05, 3.63) is 35.6 Å². The smallest absolute Gasteiger partial charge is 0.305 e. The van der Waals surface area contributed by atoms with E-state index in [1.807, 2.05) is 12.1 Å². The molecule has 0 spiro atoms. The van der Waals surface area contributed by atoms with E-state index >= 15 is 0 Å². The summed E-state index contributed by atoms with van der Waals surface area (Å²) < 4.78 is 17.5. The van der Waals surface area contributed by atoms with Gasteiger partial charge in [-0.1, -0.05) is 12.1 Å². The molecular weight excluding hydrogens is 257 g/mol. The lowest BCUT2D eigenvalue weighted by molar-refractivity contribution is -0.141. The molecule has 1 aliphatic rings. The Morgan fingerprint density at radius 1 is 1.30 bits per heavy atom. The molecule has 2 rings (SSSR count). The largest absolute Gasteiger partial charge is 0.469 e. The summed E-state index contributed by atoms with van der Waals surface area (Å²) in [6.45, 7) is 2.97. The minimum Gasteiger partial charge on any atom is -0.469 e. The van der Waals surface area contributed by atoms with E-state index in [2.05, 4.69) is 9.64 Å². The van der Waals surface area contributed by atoms with Crippen molar-refractivity contribution in [3.63, 3.8) is 0 Å². The highest BCUT2D eigenvalue weighted by molar-refractivity contribution is 5.69. The minimum atomic E-state index is -0.185. The lowest BCUT2D eigenvalue weighted by atomic mass is 9.92. The standard InChI is InChI=1S/C16H22FNO2/c1-20-16(19)7-4-13-8-10-18(11-9-13)12-14-2-5-15(17)6-3-14/h2-3,5-6,13H,4,7-12H2,1H3. The van der Waals surface area contributed by atoms with Crippen LogP contribution in [0.4, 0.5) is 4.39 Å².